The second kappa shape index (κ2) is 3.74. The zero-order valence-electron chi connectivity index (χ0n) is 7.45. The van der Waals surface area contributed by atoms with Crippen LogP contribution in [0.4, 0.5) is 0 Å². The molecule has 4 nitrogen and oxygen atoms in total. The van der Waals surface area contributed by atoms with Gasteiger partial charge in [-0.3, -0.25) is 4.99 Å². The molecule has 1 aliphatic rings. The normalized spacial score (nSPS) is 21.0. The Balaban J connectivity index is 1.81. The van der Waals surface area contributed by atoms with Crippen molar-refractivity contribution in [2.24, 2.45) is 4.99 Å². The number of thiazole rings is 1. The third kappa shape index (κ3) is 2.18. The molecule has 0 bridgehead atoms. The zero-order valence-corrected chi connectivity index (χ0v) is 8.27. The maximum atomic E-state index is 4.29. The molecule has 0 saturated heterocycles. The highest BCUT2D eigenvalue weighted by molar-refractivity contribution is 7.09. The van der Waals surface area contributed by atoms with Gasteiger partial charge >= 0.3 is 0 Å². The summed E-state index contributed by atoms with van der Waals surface area (Å²) in [5.41, 5.74) is 0. The van der Waals surface area contributed by atoms with Crippen molar-refractivity contribution in [1.29, 1.82) is 0 Å². The second-order valence-electron chi connectivity index (χ2n) is 3.01. The fourth-order valence-corrected chi connectivity index (χ4v) is 1.72. The smallest absolute Gasteiger partial charge is 0.191 e. The molecule has 5 heteroatoms. The third-order valence-electron chi connectivity index (χ3n) is 1.80. The molecule has 0 spiro atoms. The van der Waals surface area contributed by atoms with E-state index in [9.17, 15) is 0 Å². The van der Waals surface area contributed by atoms with Gasteiger partial charge in [0, 0.05) is 17.6 Å². The number of nitrogens with zero attached hydrogens (tertiary/aromatic N) is 2. The molecule has 1 aromatic heterocycles. The van der Waals surface area contributed by atoms with Crippen LogP contribution in [-0.4, -0.2) is 23.5 Å². The molecule has 2 rings (SSSR count). The topological polar surface area (TPSA) is 49.3 Å². The Kier molecular flexibility index (Phi) is 2.44. The third-order valence-corrected chi connectivity index (χ3v) is 2.58. The van der Waals surface area contributed by atoms with Crippen molar-refractivity contribution in [1.82, 2.24) is 15.6 Å². The fourth-order valence-electron chi connectivity index (χ4n) is 1.16. The van der Waals surface area contributed by atoms with Gasteiger partial charge in [-0.15, -0.1) is 11.3 Å². The van der Waals surface area contributed by atoms with Crippen LogP contribution in [0.2, 0.25) is 0 Å². The molecule has 0 radical (unpaired) electrons. The predicted octanol–water partition coefficient (Wildman–Crippen LogP) is 0.580. The average molecular weight is 196 g/mol. The number of nitrogens with one attached hydrogen (secondary N) is 2. The molecule has 1 atom stereocenters. The van der Waals surface area contributed by atoms with Crippen molar-refractivity contribution >= 4 is 17.3 Å². The van der Waals surface area contributed by atoms with E-state index in [0.717, 1.165) is 24.1 Å². The molecule has 1 aromatic rings. The van der Waals surface area contributed by atoms with E-state index in [4.69, 9.17) is 0 Å². The van der Waals surface area contributed by atoms with Crippen molar-refractivity contribution in [3.63, 3.8) is 0 Å². The van der Waals surface area contributed by atoms with Gasteiger partial charge in [0.2, 0.25) is 0 Å². The first kappa shape index (κ1) is 8.50. The number of guanidine groups is 1. The van der Waals surface area contributed by atoms with E-state index in [-0.39, 0.29) is 0 Å². The van der Waals surface area contributed by atoms with Crippen molar-refractivity contribution < 1.29 is 0 Å². The minimum Gasteiger partial charge on any atom is -0.352 e. The number of aliphatic imine (C=N–C) groups is 1. The summed E-state index contributed by atoms with van der Waals surface area (Å²) >= 11 is 1.65. The van der Waals surface area contributed by atoms with Gasteiger partial charge in [0.05, 0.1) is 13.1 Å². The molecule has 1 unspecified atom stereocenters. The molecule has 13 heavy (non-hydrogen) atoms. The molecular weight excluding hydrogens is 184 g/mol. The van der Waals surface area contributed by atoms with Gasteiger partial charge < -0.3 is 10.6 Å². The van der Waals surface area contributed by atoms with E-state index in [1.807, 2.05) is 11.6 Å². The highest BCUT2D eigenvalue weighted by atomic mass is 32.1. The lowest BCUT2D eigenvalue weighted by atomic mass is 10.4. The summed E-state index contributed by atoms with van der Waals surface area (Å²) in [5.74, 6) is 0.891. The summed E-state index contributed by atoms with van der Waals surface area (Å²) in [6.45, 7) is 3.73. The van der Waals surface area contributed by atoms with Crippen LogP contribution in [0.5, 0.6) is 0 Å². The van der Waals surface area contributed by atoms with Crippen molar-refractivity contribution in [3.8, 4) is 0 Å². The van der Waals surface area contributed by atoms with Gasteiger partial charge in [0.1, 0.15) is 5.01 Å². The minimum atomic E-state index is 0.457. The lowest BCUT2D eigenvalue weighted by molar-refractivity contribution is 0.713. The van der Waals surface area contributed by atoms with E-state index < -0.39 is 0 Å². The fraction of sp³-hybridized carbons (Fsp3) is 0.500. The molecule has 0 amide bonds. The highest BCUT2D eigenvalue weighted by Crippen LogP contribution is 2.03. The van der Waals surface area contributed by atoms with Gasteiger partial charge in [-0.2, -0.15) is 0 Å². The van der Waals surface area contributed by atoms with Gasteiger partial charge in [-0.1, -0.05) is 0 Å². The van der Waals surface area contributed by atoms with Crippen molar-refractivity contribution in [2.75, 3.05) is 6.54 Å². The lowest BCUT2D eigenvalue weighted by Gasteiger charge is -2.06. The van der Waals surface area contributed by atoms with E-state index in [2.05, 4.69) is 27.5 Å². The Morgan fingerprint density at radius 1 is 1.77 bits per heavy atom. The van der Waals surface area contributed by atoms with Crippen LogP contribution >= 0.6 is 11.3 Å². The van der Waals surface area contributed by atoms with Crippen LogP contribution in [0.15, 0.2) is 16.6 Å². The van der Waals surface area contributed by atoms with Gasteiger partial charge in [-0.25, -0.2) is 4.98 Å². The molecule has 0 fully saturated rings. The van der Waals surface area contributed by atoms with E-state index >= 15 is 0 Å². The summed E-state index contributed by atoms with van der Waals surface area (Å²) in [6.07, 6.45) is 1.81. The first-order chi connectivity index (χ1) is 6.34. The van der Waals surface area contributed by atoms with Crippen LogP contribution < -0.4 is 10.6 Å². The predicted molar refractivity (Wildman–Crippen MR) is 53.9 cm³/mol. The number of rotatable bonds is 2. The molecule has 1 aliphatic heterocycles. The summed E-state index contributed by atoms with van der Waals surface area (Å²) in [6, 6.07) is 0.457. The molecule has 2 N–H and O–H groups in total. The van der Waals surface area contributed by atoms with Crippen molar-refractivity contribution in [2.45, 2.75) is 19.5 Å². The van der Waals surface area contributed by atoms with Gasteiger partial charge in [0.25, 0.3) is 0 Å². The van der Waals surface area contributed by atoms with Crippen LogP contribution in [0, 0.1) is 0 Å². The minimum absolute atomic E-state index is 0.457. The lowest BCUT2D eigenvalue weighted by Crippen LogP contribution is -2.37. The SMILES string of the molecule is CC1CN=C(NCc2nccs2)N1. The van der Waals surface area contributed by atoms with E-state index in [1.165, 1.54) is 0 Å². The van der Waals surface area contributed by atoms with Crippen LogP contribution in [0.25, 0.3) is 0 Å². The standard InChI is InChI=1S/C8H12N4S/c1-6-4-10-8(12-6)11-5-7-9-2-3-13-7/h2-3,6H,4-5H2,1H3,(H2,10,11,12). The monoisotopic (exact) mass is 196 g/mol. The average Bonchev–Trinajstić information content (AvgIpc) is 2.71. The largest absolute Gasteiger partial charge is 0.352 e. The van der Waals surface area contributed by atoms with Gasteiger partial charge in [0.15, 0.2) is 5.96 Å². The Hall–Kier alpha value is -1.10. The van der Waals surface area contributed by atoms with Crippen LogP contribution in [-0.2, 0) is 6.54 Å². The summed E-state index contributed by atoms with van der Waals surface area (Å²) in [4.78, 5) is 8.46. The van der Waals surface area contributed by atoms with E-state index in [1.54, 1.807) is 11.3 Å². The Labute approximate surface area is 81.1 Å². The maximum Gasteiger partial charge on any atom is 0.191 e. The summed E-state index contributed by atoms with van der Waals surface area (Å²) < 4.78 is 0. The molecule has 0 saturated carbocycles. The summed E-state index contributed by atoms with van der Waals surface area (Å²) in [7, 11) is 0. The summed E-state index contributed by atoms with van der Waals surface area (Å²) in [5, 5.41) is 9.50. The van der Waals surface area contributed by atoms with Gasteiger partial charge in [-0.05, 0) is 6.92 Å². The molecular formula is C8H12N4S. The van der Waals surface area contributed by atoms with Crippen LogP contribution in [0.1, 0.15) is 11.9 Å². The molecule has 70 valence electrons. The number of hydrogen-bond acceptors (Lipinski definition) is 5. The van der Waals surface area contributed by atoms with Crippen molar-refractivity contribution in [3.05, 3.63) is 16.6 Å². The Morgan fingerprint density at radius 3 is 3.31 bits per heavy atom. The Bertz CT molecular complexity index is 293. The van der Waals surface area contributed by atoms with Crippen LogP contribution in [0.3, 0.4) is 0 Å². The zero-order chi connectivity index (χ0) is 9.10. The number of hydrogen-bond donors (Lipinski definition) is 2. The maximum absolute atomic E-state index is 4.29. The molecule has 2 heterocycles. The molecule has 0 aliphatic carbocycles. The Morgan fingerprint density at radius 2 is 2.69 bits per heavy atom. The first-order valence-electron chi connectivity index (χ1n) is 4.28. The molecule has 0 aromatic carbocycles. The number of aromatic nitrogens is 1. The van der Waals surface area contributed by atoms with E-state index in [0.29, 0.717) is 6.04 Å². The highest BCUT2D eigenvalue weighted by Gasteiger charge is 2.11. The quantitative estimate of drug-likeness (QED) is 0.727. The first-order valence-corrected chi connectivity index (χ1v) is 5.16. The second-order valence-corrected chi connectivity index (χ2v) is 3.99.